The maximum Gasteiger partial charge on any atom is 0.416 e. The Labute approximate surface area is 151 Å². The van der Waals surface area contributed by atoms with E-state index in [1.165, 1.54) is 12.1 Å². The summed E-state index contributed by atoms with van der Waals surface area (Å²) in [6, 6.07) is 13.6. The lowest BCUT2D eigenvalue weighted by Gasteiger charge is -2.34. The van der Waals surface area contributed by atoms with Crippen LogP contribution in [-0.2, 0) is 15.7 Å². The fraction of sp³-hybridized carbons (Fsp3) is 0.350. The van der Waals surface area contributed by atoms with Gasteiger partial charge in [-0.25, -0.2) is 0 Å². The number of halogens is 3. The molecule has 0 fully saturated rings. The molecule has 0 aliphatic carbocycles. The van der Waals surface area contributed by atoms with E-state index in [0.29, 0.717) is 5.69 Å². The Morgan fingerprint density at radius 3 is 2.12 bits per heavy atom. The van der Waals surface area contributed by atoms with Crippen LogP contribution in [0, 0.1) is 5.41 Å². The molecular weight excluding hydrogens is 343 g/mol. The van der Waals surface area contributed by atoms with Gasteiger partial charge in [-0.2, -0.15) is 13.2 Å². The fourth-order valence-electron chi connectivity index (χ4n) is 2.68. The van der Waals surface area contributed by atoms with E-state index in [0.717, 1.165) is 17.7 Å². The van der Waals surface area contributed by atoms with Gasteiger partial charge in [0.1, 0.15) is 0 Å². The lowest BCUT2D eigenvalue weighted by Crippen LogP contribution is -2.37. The van der Waals surface area contributed by atoms with Crippen LogP contribution in [0.2, 0.25) is 0 Å². The van der Waals surface area contributed by atoms with Crippen LogP contribution in [0.15, 0.2) is 54.6 Å². The Hall–Kier alpha value is -2.50. The van der Waals surface area contributed by atoms with Crippen molar-refractivity contribution in [1.82, 2.24) is 0 Å². The van der Waals surface area contributed by atoms with E-state index in [2.05, 4.69) is 5.32 Å². The fourth-order valence-corrected chi connectivity index (χ4v) is 2.68. The minimum absolute atomic E-state index is 0.254. The lowest BCUT2D eigenvalue weighted by atomic mass is 9.80. The van der Waals surface area contributed by atoms with Crippen molar-refractivity contribution in [1.29, 1.82) is 0 Å². The predicted octanol–water partition coefficient (Wildman–Crippen LogP) is 5.45. The zero-order valence-electron chi connectivity index (χ0n) is 14.9. The minimum atomic E-state index is -4.39. The molecule has 26 heavy (non-hydrogen) atoms. The summed E-state index contributed by atoms with van der Waals surface area (Å²) in [4.78, 5) is 12.4. The predicted molar refractivity (Wildman–Crippen MR) is 94.7 cm³/mol. The summed E-state index contributed by atoms with van der Waals surface area (Å²) >= 11 is 0. The molecule has 0 heterocycles. The van der Waals surface area contributed by atoms with Crippen molar-refractivity contribution < 1.29 is 22.7 Å². The van der Waals surface area contributed by atoms with Gasteiger partial charge in [0.25, 0.3) is 0 Å². The minimum Gasteiger partial charge on any atom is -0.466 e. The van der Waals surface area contributed by atoms with E-state index in [4.69, 9.17) is 4.74 Å². The number of carbonyl (C=O) groups is 1. The van der Waals surface area contributed by atoms with Crippen molar-refractivity contribution >= 4 is 11.7 Å². The number of nitrogens with one attached hydrogen (secondary N) is 1. The third-order valence-electron chi connectivity index (χ3n) is 4.18. The number of hydrogen-bond donors (Lipinski definition) is 1. The number of rotatable bonds is 6. The first kappa shape index (κ1) is 19.8. The summed E-state index contributed by atoms with van der Waals surface area (Å²) in [5, 5.41) is 3.19. The highest BCUT2D eigenvalue weighted by atomic mass is 19.4. The van der Waals surface area contributed by atoms with Crippen LogP contribution in [0.4, 0.5) is 18.9 Å². The maximum atomic E-state index is 12.7. The van der Waals surface area contributed by atoms with Gasteiger partial charge in [0, 0.05) is 5.69 Å². The molecule has 2 aromatic rings. The molecule has 0 aromatic heterocycles. The summed E-state index contributed by atoms with van der Waals surface area (Å²) in [5.41, 5.74) is -0.321. The van der Waals surface area contributed by atoms with E-state index in [9.17, 15) is 18.0 Å². The Bertz CT molecular complexity index is 725. The van der Waals surface area contributed by atoms with Crippen molar-refractivity contribution in [3.05, 3.63) is 65.7 Å². The normalized spacial score (nSPS) is 13.2. The summed E-state index contributed by atoms with van der Waals surface area (Å²) in [6.07, 6.45) is -4.39. The molecule has 0 aliphatic rings. The second kappa shape index (κ2) is 7.81. The van der Waals surface area contributed by atoms with Gasteiger partial charge < -0.3 is 10.1 Å². The standard InChI is InChI=1S/C20H22F3NO2/c1-4-26-18(25)19(2,3)17(14-8-6-5-7-9-14)24-16-12-10-15(11-13-16)20(21,22)23/h5-13,17,24H,4H2,1-3H3. The van der Waals surface area contributed by atoms with Crippen LogP contribution in [0.5, 0.6) is 0 Å². The van der Waals surface area contributed by atoms with Crippen molar-refractivity contribution in [3.8, 4) is 0 Å². The molecule has 1 unspecified atom stereocenters. The number of ether oxygens (including phenoxy) is 1. The Kier molecular flexibility index (Phi) is 5.95. The average Bonchev–Trinajstić information content (AvgIpc) is 2.60. The van der Waals surface area contributed by atoms with Crippen LogP contribution in [-0.4, -0.2) is 12.6 Å². The molecule has 3 nitrogen and oxygen atoms in total. The first-order chi connectivity index (χ1) is 12.2. The van der Waals surface area contributed by atoms with Gasteiger partial charge in [-0.05, 0) is 50.6 Å². The first-order valence-electron chi connectivity index (χ1n) is 8.32. The van der Waals surface area contributed by atoms with E-state index in [1.807, 2.05) is 30.3 Å². The van der Waals surface area contributed by atoms with Gasteiger partial charge in [0.05, 0.1) is 23.6 Å². The summed E-state index contributed by atoms with van der Waals surface area (Å²) in [5.74, 6) is -0.381. The van der Waals surface area contributed by atoms with Crippen molar-refractivity contribution in [2.45, 2.75) is 33.0 Å². The molecular formula is C20H22F3NO2. The van der Waals surface area contributed by atoms with Gasteiger partial charge in [0.15, 0.2) is 0 Å². The molecule has 0 bridgehead atoms. The summed E-state index contributed by atoms with van der Waals surface area (Å²) in [6.45, 7) is 5.48. The Morgan fingerprint density at radius 1 is 1.04 bits per heavy atom. The average molecular weight is 365 g/mol. The molecule has 0 amide bonds. The van der Waals surface area contributed by atoms with E-state index < -0.39 is 23.2 Å². The number of alkyl halides is 3. The highest BCUT2D eigenvalue weighted by Crippen LogP contribution is 2.38. The molecule has 0 saturated heterocycles. The lowest BCUT2D eigenvalue weighted by molar-refractivity contribution is -0.154. The van der Waals surface area contributed by atoms with Crippen molar-refractivity contribution in [2.24, 2.45) is 5.41 Å². The summed E-state index contributed by atoms with van der Waals surface area (Å²) in [7, 11) is 0. The number of esters is 1. The van der Waals surface area contributed by atoms with Crippen LogP contribution < -0.4 is 5.32 Å². The molecule has 0 radical (unpaired) electrons. The third-order valence-corrected chi connectivity index (χ3v) is 4.18. The van der Waals surface area contributed by atoms with E-state index in [1.54, 1.807) is 20.8 Å². The zero-order valence-corrected chi connectivity index (χ0v) is 14.9. The quantitative estimate of drug-likeness (QED) is 0.692. The smallest absolute Gasteiger partial charge is 0.416 e. The number of anilines is 1. The number of hydrogen-bond acceptors (Lipinski definition) is 3. The molecule has 2 rings (SSSR count). The number of carbonyl (C=O) groups excluding carboxylic acids is 1. The SMILES string of the molecule is CCOC(=O)C(C)(C)C(Nc1ccc(C(F)(F)F)cc1)c1ccccc1. The van der Waals surface area contributed by atoms with Gasteiger partial charge in [-0.15, -0.1) is 0 Å². The molecule has 1 atom stereocenters. The van der Waals surface area contributed by atoms with Gasteiger partial charge >= 0.3 is 12.1 Å². The van der Waals surface area contributed by atoms with Crippen LogP contribution in [0.25, 0.3) is 0 Å². The highest BCUT2D eigenvalue weighted by Gasteiger charge is 2.39. The van der Waals surface area contributed by atoms with Gasteiger partial charge in [-0.1, -0.05) is 30.3 Å². The second-order valence-electron chi connectivity index (χ2n) is 6.51. The highest BCUT2D eigenvalue weighted by molar-refractivity contribution is 5.78. The number of benzene rings is 2. The van der Waals surface area contributed by atoms with Crippen LogP contribution in [0.1, 0.15) is 37.9 Å². The first-order valence-corrected chi connectivity index (χ1v) is 8.32. The van der Waals surface area contributed by atoms with E-state index in [-0.39, 0.29) is 12.6 Å². The molecule has 0 aliphatic heterocycles. The molecule has 2 aromatic carbocycles. The zero-order chi connectivity index (χ0) is 19.4. The monoisotopic (exact) mass is 365 g/mol. The third kappa shape index (κ3) is 4.56. The summed E-state index contributed by atoms with van der Waals surface area (Å²) < 4.78 is 43.4. The molecule has 0 saturated carbocycles. The van der Waals surface area contributed by atoms with Crippen molar-refractivity contribution in [3.63, 3.8) is 0 Å². The largest absolute Gasteiger partial charge is 0.466 e. The Balaban J connectivity index is 2.35. The van der Waals surface area contributed by atoms with Crippen LogP contribution in [0.3, 0.4) is 0 Å². The molecule has 1 N–H and O–H groups in total. The second-order valence-corrected chi connectivity index (χ2v) is 6.51. The van der Waals surface area contributed by atoms with Gasteiger partial charge in [0.2, 0.25) is 0 Å². The van der Waals surface area contributed by atoms with Crippen molar-refractivity contribution in [2.75, 3.05) is 11.9 Å². The maximum absolute atomic E-state index is 12.7. The molecule has 140 valence electrons. The topological polar surface area (TPSA) is 38.3 Å². The van der Waals surface area contributed by atoms with E-state index >= 15 is 0 Å². The molecule has 6 heteroatoms. The van der Waals surface area contributed by atoms with Gasteiger partial charge in [-0.3, -0.25) is 4.79 Å². The Morgan fingerprint density at radius 2 is 1.62 bits per heavy atom. The molecule has 0 spiro atoms. The van der Waals surface area contributed by atoms with Crippen LogP contribution >= 0.6 is 0 Å².